The van der Waals surface area contributed by atoms with Gasteiger partial charge in [-0.2, -0.15) is 0 Å². The molecule has 0 aromatic carbocycles. The minimum Gasteiger partial charge on any atom is -0.333 e. The van der Waals surface area contributed by atoms with E-state index in [0.29, 0.717) is 5.92 Å². The molecule has 0 aliphatic carbocycles. The molecule has 0 saturated heterocycles. The maximum atomic E-state index is 6.07. The van der Waals surface area contributed by atoms with Gasteiger partial charge in [0.1, 0.15) is 0 Å². The molecule has 1 aromatic heterocycles. The second-order valence-corrected chi connectivity index (χ2v) is 5.60. The standard InChI is InChI=1S/C13H25N3/c1-6-11(14)12-7-15-9-16(12)8-13(4,5)10(2)3/h7,9-11H,6,8,14H2,1-5H3/t11-/m1/s1. The molecule has 0 aliphatic rings. The lowest BCUT2D eigenvalue weighted by Gasteiger charge is -2.30. The summed E-state index contributed by atoms with van der Waals surface area (Å²) in [4.78, 5) is 4.22. The highest BCUT2D eigenvalue weighted by Crippen LogP contribution is 2.29. The van der Waals surface area contributed by atoms with Gasteiger partial charge < -0.3 is 10.3 Å². The lowest BCUT2D eigenvalue weighted by Crippen LogP contribution is -2.27. The Morgan fingerprint density at radius 1 is 1.44 bits per heavy atom. The van der Waals surface area contributed by atoms with Crippen molar-refractivity contribution in [2.45, 2.75) is 53.6 Å². The molecular formula is C13H25N3. The fraction of sp³-hybridized carbons (Fsp3) is 0.769. The third-order valence-electron chi connectivity index (χ3n) is 3.71. The number of hydrogen-bond acceptors (Lipinski definition) is 2. The summed E-state index contributed by atoms with van der Waals surface area (Å²) in [6, 6.07) is 0.102. The van der Waals surface area contributed by atoms with Gasteiger partial charge in [0.25, 0.3) is 0 Å². The molecule has 1 rings (SSSR count). The Labute approximate surface area is 99.1 Å². The molecule has 0 fully saturated rings. The molecule has 1 atom stereocenters. The van der Waals surface area contributed by atoms with Crippen molar-refractivity contribution in [1.82, 2.24) is 9.55 Å². The van der Waals surface area contributed by atoms with Crippen molar-refractivity contribution in [2.24, 2.45) is 17.1 Å². The van der Waals surface area contributed by atoms with Gasteiger partial charge in [-0.05, 0) is 17.8 Å². The highest BCUT2D eigenvalue weighted by molar-refractivity contribution is 5.04. The van der Waals surface area contributed by atoms with Gasteiger partial charge in [0.2, 0.25) is 0 Å². The number of rotatable bonds is 5. The SMILES string of the molecule is CC[C@@H](N)c1cncn1CC(C)(C)C(C)C. The normalized spacial score (nSPS) is 14.4. The van der Waals surface area contributed by atoms with Crippen molar-refractivity contribution >= 4 is 0 Å². The van der Waals surface area contributed by atoms with E-state index in [4.69, 9.17) is 5.73 Å². The predicted molar refractivity (Wildman–Crippen MR) is 68.1 cm³/mol. The van der Waals surface area contributed by atoms with Gasteiger partial charge in [0.15, 0.2) is 0 Å². The Morgan fingerprint density at radius 3 is 2.56 bits per heavy atom. The van der Waals surface area contributed by atoms with Crippen LogP contribution in [0.1, 0.15) is 52.8 Å². The van der Waals surface area contributed by atoms with E-state index in [1.165, 1.54) is 0 Å². The highest BCUT2D eigenvalue weighted by Gasteiger charge is 2.24. The van der Waals surface area contributed by atoms with Crippen LogP contribution in [0, 0.1) is 11.3 Å². The summed E-state index contributed by atoms with van der Waals surface area (Å²) in [6.07, 6.45) is 4.74. The van der Waals surface area contributed by atoms with Gasteiger partial charge in [-0.25, -0.2) is 4.98 Å². The maximum Gasteiger partial charge on any atom is 0.0948 e. The zero-order valence-electron chi connectivity index (χ0n) is 11.2. The molecule has 16 heavy (non-hydrogen) atoms. The van der Waals surface area contributed by atoms with Gasteiger partial charge in [-0.3, -0.25) is 0 Å². The Bertz CT molecular complexity index is 326. The summed E-state index contributed by atoms with van der Waals surface area (Å²) in [7, 11) is 0. The fourth-order valence-corrected chi connectivity index (χ4v) is 1.60. The first kappa shape index (κ1) is 13.2. The Hall–Kier alpha value is -0.830. The van der Waals surface area contributed by atoms with E-state index in [1.807, 2.05) is 12.5 Å². The summed E-state index contributed by atoms with van der Waals surface area (Å²) in [5.41, 5.74) is 7.49. The van der Waals surface area contributed by atoms with Crippen LogP contribution in [0.25, 0.3) is 0 Å². The zero-order valence-corrected chi connectivity index (χ0v) is 11.2. The average molecular weight is 223 g/mol. The summed E-state index contributed by atoms with van der Waals surface area (Å²) in [6.45, 7) is 12.2. The molecule has 0 aliphatic heterocycles. The van der Waals surface area contributed by atoms with Crippen molar-refractivity contribution in [1.29, 1.82) is 0 Å². The lowest BCUT2D eigenvalue weighted by atomic mass is 9.81. The molecule has 92 valence electrons. The van der Waals surface area contributed by atoms with Crippen LogP contribution in [0.15, 0.2) is 12.5 Å². The maximum absolute atomic E-state index is 6.07. The van der Waals surface area contributed by atoms with Crippen LogP contribution in [0.2, 0.25) is 0 Å². The van der Waals surface area contributed by atoms with Crippen molar-refractivity contribution in [2.75, 3.05) is 0 Å². The molecule has 0 saturated carbocycles. The number of imidazole rings is 1. The van der Waals surface area contributed by atoms with E-state index >= 15 is 0 Å². The monoisotopic (exact) mass is 223 g/mol. The minimum atomic E-state index is 0.102. The van der Waals surface area contributed by atoms with Crippen LogP contribution in [0.4, 0.5) is 0 Å². The number of nitrogens with zero attached hydrogens (tertiary/aromatic N) is 2. The van der Waals surface area contributed by atoms with E-state index < -0.39 is 0 Å². The first-order valence-corrected chi connectivity index (χ1v) is 6.14. The van der Waals surface area contributed by atoms with E-state index in [-0.39, 0.29) is 11.5 Å². The molecule has 0 radical (unpaired) electrons. The molecule has 3 heteroatoms. The first-order chi connectivity index (χ1) is 7.38. The molecule has 1 heterocycles. The molecule has 0 bridgehead atoms. The van der Waals surface area contributed by atoms with Gasteiger partial charge in [-0.15, -0.1) is 0 Å². The molecule has 0 spiro atoms. The molecule has 0 unspecified atom stereocenters. The van der Waals surface area contributed by atoms with E-state index in [0.717, 1.165) is 18.7 Å². The van der Waals surface area contributed by atoms with E-state index in [2.05, 4.69) is 44.2 Å². The van der Waals surface area contributed by atoms with Crippen molar-refractivity contribution in [3.05, 3.63) is 18.2 Å². The van der Waals surface area contributed by atoms with Crippen molar-refractivity contribution in [3.8, 4) is 0 Å². The van der Waals surface area contributed by atoms with Crippen LogP contribution in [0.5, 0.6) is 0 Å². The number of hydrogen-bond donors (Lipinski definition) is 1. The van der Waals surface area contributed by atoms with E-state index in [1.54, 1.807) is 0 Å². The summed E-state index contributed by atoms with van der Waals surface area (Å²) in [5, 5.41) is 0. The van der Waals surface area contributed by atoms with Crippen molar-refractivity contribution < 1.29 is 0 Å². The molecule has 2 N–H and O–H groups in total. The smallest absolute Gasteiger partial charge is 0.0948 e. The second kappa shape index (κ2) is 5.00. The molecule has 1 aromatic rings. The Kier molecular flexibility index (Phi) is 4.14. The highest BCUT2D eigenvalue weighted by atomic mass is 15.1. The third-order valence-corrected chi connectivity index (χ3v) is 3.71. The zero-order chi connectivity index (χ0) is 12.3. The Balaban J connectivity index is 2.86. The summed E-state index contributed by atoms with van der Waals surface area (Å²) < 4.78 is 2.20. The largest absolute Gasteiger partial charge is 0.333 e. The van der Waals surface area contributed by atoms with Crippen LogP contribution < -0.4 is 5.73 Å². The lowest BCUT2D eigenvalue weighted by molar-refractivity contribution is 0.207. The second-order valence-electron chi connectivity index (χ2n) is 5.60. The molecule has 3 nitrogen and oxygen atoms in total. The number of nitrogens with two attached hydrogens (primary N) is 1. The third kappa shape index (κ3) is 2.85. The fourth-order valence-electron chi connectivity index (χ4n) is 1.60. The number of aromatic nitrogens is 2. The van der Waals surface area contributed by atoms with E-state index in [9.17, 15) is 0 Å². The van der Waals surface area contributed by atoms with Crippen molar-refractivity contribution in [3.63, 3.8) is 0 Å². The first-order valence-electron chi connectivity index (χ1n) is 6.14. The minimum absolute atomic E-state index is 0.102. The average Bonchev–Trinajstić information content (AvgIpc) is 2.63. The molecule has 0 amide bonds. The van der Waals surface area contributed by atoms with Crippen LogP contribution >= 0.6 is 0 Å². The van der Waals surface area contributed by atoms with Gasteiger partial charge >= 0.3 is 0 Å². The van der Waals surface area contributed by atoms with Crippen LogP contribution in [-0.2, 0) is 6.54 Å². The summed E-state index contributed by atoms with van der Waals surface area (Å²) in [5.74, 6) is 0.639. The van der Waals surface area contributed by atoms with Gasteiger partial charge in [0, 0.05) is 18.8 Å². The van der Waals surface area contributed by atoms with Gasteiger partial charge in [0.05, 0.1) is 12.0 Å². The van der Waals surface area contributed by atoms with Crippen LogP contribution in [0.3, 0.4) is 0 Å². The predicted octanol–water partition coefficient (Wildman–Crippen LogP) is 2.98. The Morgan fingerprint density at radius 2 is 2.06 bits per heavy atom. The van der Waals surface area contributed by atoms with Gasteiger partial charge in [-0.1, -0.05) is 34.6 Å². The molecular weight excluding hydrogens is 198 g/mol. The topological polar surface area (TPSA) is 43.8 Å². The van der Waals surface area contributed by atoms with Crippen LogP contribution in [-0.4, -0.2) is 9.55 Å². The summed E-state index contributed by atoms with van der Waals surface area (Å²) >= 11 is 0. The quantitative estimate of drug-likeness (QED) is 0.834.